The van der Waals surface area contributed by atoms with Crippen molar-refractivity contribution in [1.29, 1.82) is 0 Å². The Bertz CT molecular complexity index is 185. The van der Waals surface area contributed by atoms with Gasteiger partial charge in [0.1, 0.15) is 0 Å². The Labute approximate surface area is 106 Å². The fourth-order valence-corrected chi connectivity index (χ4v) is 3.04. The normalized spacial score (nSPS) is 28.9. The van der Waals surface area contributed by atoms with E-state index in [0.29, 0.717) is 6.61 Å². The molecule has 2 N–H and O–H groups in total. The molecule has 1 aliphatic rings. The van der Waals surface area contributed by atoms with Crippen molar-refractivity contribution in [3.05, 3.63) is 0 Å². The fourth-order valence-electron chi connectivity index (χ4n) is 3.04. The maximum absolute atomic E-state index is 9.50. The third kappa shape index (κ3) is 5.87. The van der Waals surface area contributed by atoms with Crippen LogP contribution in [0.4, 0.5) is 0 Å². The SMILES string of the molecule is CC(CCCO)CCC(C)C1CCC(O)CC1. The van der Waals surface area contributed by atoms with Crippen LogP contribution in [0.25, 0.3) is 0 Å². The lowest BCUT2D eigenvalue weighted by Gasteiger charge is -2.30. The summed E-state index contributed by atoms with van der Waals surface area (Å²) >= 11 is 0. The summed E-state index contributed by atoms with van der Waals surface area (Å²) in [4.78, 5) is 0. The van der Waals surface area contributed by atoms with Gasteiger partial charge in [0.2, 0.25) is 0 Å². The van der Waals surface area contributed by atoms with Gasteiger partial charge < -0.3 is 10.2 Å². The van der Waals surface area contributed by atoms with Crippen LogP contribution in [0.2, 0.25) is 0 Å². The molecule has 0 amide bonds. The second-order valence-corrected chi connectivity index (χ2v) is 6.09. The molecule has 1 aliphatic carbocycles. The van der Waals surface area contributed by atoms with E-state index in [0.717, 1.165) is 43.4 Å². The van der Waals surface area contributed by atoms with Gasteiger partial charge in [-0.2, -0.15) is 0 Å². The van der Waals surface area contributed by atoms with E-state index in [2.05, 4.69) is 13.8 Å². The topological polar surface area (TPSA) is 40.5 Å². The molecule has 0 heterocycles. The van der Waals surface area contributed by atoms with E-state index in [-0.39, 0.29) is 6.10 Å². The van der Waals surface area contributed by atoms with Crippen LogP contribution in [0.1, 0.15) is 65.2 Å². The van der Waals surface area contributed by atoms with Gasteiger partial charge >= 0.3 is 0 Å². The van der Waals surface area contributed by atoms with E-state index in [1.54, 1.807) is 0 Å². The highest BCUT2D eigenvalue weighted by atomic mass is 16.3. The van der Waals surface area contributed by atoms with Crippen molar-refractivity contribution in [2.75, 3.05) is 6.61 Å². The van der Waals surface area contributed by atoms with Crippen LogP contribution in [-0.2, 0) is 0 Å². The van der Waals surface area contributed by atoms with Crippen LogP contribution in [-0.4, -0.2) is 22.9 Å². The molecule has 102 valence electrons. The second-order valence-electron chi connectivity index (χ2n) is 6.09. The summed E-state index contributed by atoms with van der Waals surface area (Å²) in [5.74, 6) is 2.39. The summed E-state index contributed by atoms with van der Waals surface area (Å²) in [5, 5.41) is 18.3. The predicted molar refractivity (Wildman–Crippen MR) is 71.8 cm³/mol. The summed E-state index contributed by atoms with van der Waals surface area (Å²) < 4.78 is 0. The van der Waals surface area contributed by atoms with Gasteiger partial charge in [-0.3, -0.25) is 0 Å². The van der Waals surface area contributed by atoms with Gasteiger partial charge in [-0.25, -0.2) is 0 Å². The first-order valence-electron chi connectivity index (χ1n) is 7.42. The average molecular weight is 242 g/mol. The lowest BCUT2D eigenvalue weighted by molar-refractivity contribution is 0.0908. The Hall–Kier alpha value is -0.0800. The average Bonchev–Trinajstić information content (AvgIpc) is 2.34. The zero-order valence-corrected chi connectivity index (χ0v) is 11.6. The maximum atomic E-state index is 9.50. The van der Waals surface area contributed by atoms with Crippen molar-refractivity contribution < 1.29 is 10.2 Å². The largest absolute Gasteiger partial charge is 0.396 e. The quantitative estimate of drug-likeness (QED) is 0.718. The predicted octanol–water partition coefficient (Wildman–Crippen LogP) is 3.36. The molecule has 0 aliphatic heterocycles. The number of rotatable bonds is 7. The number of hydrogen-bond acceptors (Lipinski definition) is 2. The lowest BCUT2D eigenvalue weighted by atomic mass is 9.77. The van der Waals surface area contributed by atoms with Crippen molar-refractivity contribution in [2.45, 2.75) is 71.3 Å². The van der Waals surface area contributed by atoms with Gasteiger partial charge in [0.05, 0.1) is 6.10 Å². The van der Waals surface area contributed by atoms with Gasteiger partial charge in [0, 0.05) is 6.61 Å². The van der Waals surface area contributed by atoms with Crippen LogP contribution in [0.5, 0.6) is 0 Å². The summed E-state index contributed by atoms with van der Waals surface area (Å²) in [6.45, 7) is 5.01. The molecule has 0 bridgehead atoms. The molecule has 0 saturated heterocycles. The zero-order valence-electron chi connectivity index (χ0n) is 11.6. The van der Waals surface area contributed by atoms with E-state index in [9.17, 15) is 5.11 Å². The molecule has 2 nitrogen and oxygen atoms in total. The molecule has 1 rings (SSSR count). The van der Waals surface area contributed by atoms with Crippen LogP contribution >= 0.6 is 0 Å². The van der Waals surface area contributed by atoms with Gasteiger partial charge in [0.25, 0.3) is 0 Å². The van der Waals surface area contributed by atoms with Gasteiger partial charge in [-0.1, -0.05) is 26.7 Å². The zero-order chi connectivity index (χ0) is 12.7. The molecule has 2 unspecified atom stereocenters. The highest BCUT2D eigenvalue weighted by Crippen LogP contribution is 2.33. The van der Waals surface area contributed by atoms with E-state index in [1.807, 2.05) is 0 Å². The smallest absolute Gasteiger partial charge is 0.0540 e. The molecule has 0 radical (unpaired) electrons. The standard InChI is InChI=1S/C15H30O2/c1-12(4-3-11-16)5-6-13(2)14-7-9-15(17)10-8-14/h12-17H,3-11H2,1-2H3. The number of aliphatic hydroxyl groups is 2. The minimum Gasteiger partial charge on any atom is -0.396 e. The van der Waals surface area contributed by atoms with Crippen LogP contribution in [0.15, 0.2) is 0 Å². The second kappa shape index (κ2) is 8.10. The number of aliphatic hydroxyl groups excluding tert-OH is 2. The summed E-state index contributed by atoms with van der Waals surface area (Å²) in [7, 11) is 0. The van der Waals surface area contributed by atoms with Gasteiger partial charge in [-0.15, -0.1) is 0 Å². The minimum atomic E-state index is -0.0260. The van der Waals surface area contributed by atoms with E-state index in [1.165, 1.54) is 25.7 Å². The summed E-state index contributed by atoms with van der Waals surface area (Å²) in [6.07, 6.45) is 9.14. The van der Waals surface area contributed by atoms with Crippen LogP contribution in [0.3, 0.4) is 0 Å². The van der Waals surface area contributed by atoms with Crippen molar-refractivity contribution in [3.63, 3.8) is 0 Å². The lowest BCUT2D eigenvalue weighted by Crippen LogP contribution is -2.23. The Morgan fingerprint density at radius 1 is 1.00 bits per heavy atom. The Balaban J connectivity index is 2.13. The first-order valence-corrected chi connectivity index (χ1v) is 7.42. The monoisotopic (exact) mass is 242 g/mol. The minimum absolute atomic E-state index is 0.0260. The van der Waals surface area contributed by atoms with Gasteiger partial charge in [0.15, 0.2) is 0 Å². The first-order chi connectivity index (χ1) is 8.13. The van der Waals surface area contributed by atoms with Crippen LogP contribution < -0.4 is 0 Å². The molecule has 0 aromatic carbocycles. The molecule has 0 spiro atoms. The molecular weight excluding hydrogens is 212 g/mol. The third-order valence-corrected chi connectivity index (χ3v) is 4.52. The molecule has 17 heavy (non-hydrogen) atoms. The summed E-state index contributed by atoms with van der Waals surface area (Å²) in [6, 6.07) is 0. The Kier molecular flexibility index (Phi) is 7.14. The first kappa shape index (κ1) is 15.0. The fraction of sp³-hybridized carbons (Fsp3) is 1.00. The highest BCUT2D eigenvalue weighted by molar-refractivity contribution is 4.75. The maximum Gasteiger partial charge on any atom is 0.0540 e. The van der Waals surface area contributed by atoms with Crippen molar-refractivity contribution in [1.82, 2.24) is 0 Å². The Morgan fingerprint density at radius 3 is 2.24 bits per heavy atom. The third-order valence-electron chi connectivity index (χ3n) is 4.52. The molecule has 0 aromatic heterocycles. The molecule has 1 fully saturated rings. The van der Waals surface area contributed by atoms with Crippen LogP contribution in [0, 0.1) is 17.8 Å². The van der Waals surface area contributed by atoms with E-state index >= 15 is 0 Å². The van der Waals surface area contributed by atoms with E-state index < -0.39 is 0 Å². The molecular formula is C15H30O2. The molecule has 2 atom stereocenters. The highest BCUT2D eigenvalue weighted by Gasteiger charge is 2.24. The molecule has 0 aromatic rings. The number of hydrogen-bond donors (Lipinski definition) is 2. The van der Waals surface area contributed by atoms with E-state index in [4.69, 9.17) is 5.11 Å². The molecule has 2 heteroatoms. The summed E-state index contributed by atoms with van der Waals surface area (Å²) in [5.41, 5.74) is 0. The molecule has 1 saturated carbocycles. The van der Waals surface area contributed by atoms with Crippen molar-refractivity contribution >= 4 is 0 Å². The Morgan fingerprint density at radius 2 is 1.65 bits per heavy atom. The van der Waals surface area contributed by atoms with Crippen molar-refractivity contribution in [3.8, 4) is 0 Å². The van der Waals surface area contributed by atoms with Crippen molar-refractivity contribution in [2.24, 2.45) is 17.8 Å². The van der Waals surface area contributed by atoms with Gasteiger partial charge in [-0.05, 0) is 56.3 Å².